The molecule has 0 aliphatic carbocycles. The smallest absolute Gasteiger partial charge is 0.115 e. The molecule has 7 heteroatoms. The van der Waals surface area contributed by atoms with Gasteiger partial charge in [-0.05, 0) is 42.7 Å². The van der Waals surface area contributed by atoms with E-state index < -0.39 is 0 Å². The van der Waals surface area contributed by atoms with Gasteiger partial charge in [-0.15, -0.1) is 0 Å². The number of imidazole rings is 1. The van der Waals surface area contributed by atoms with Crippen LogP contribution in [0.3, 0.4) is 0 Å². The molecule has 1 N–H and O–H groups in total. The van der Waals surface area contributed by atoms with Gasteiger partial charge in [-0.2, -0.15) is 15.4 Å². The van der Waals surface area contributed by atoms with Crippen LogP contribution >= 0.6 is 11.6 Å². The lowest BCUT2D eigenvalue weighted by atomic mass is 9.96. The van der Waals surface area contributed by atoms with Gasteiger partial charge in [0.1, 0.15) is 11.4 Å². The van der Waals surface area contributed by atoms with Crippen molar-refractivity contribution < 1.29 is 0 Å². The van der Waals surface area contributed by atoms with E-state index in [0.717, 1.165) is 38.9 Å². The van der Waals surface area contributed by atoms with Crippen LogP contribution in [0.4, 0.5) is 0 Å². The highest BCUT2D eigenvalue weighted by Gasteiger charge is 2.19. The fourth-order valence-corrected chi connectivity index (χ4v) is 3.69. The van der Waals surface area contributed by atoms with Gasteiger partial charge in [0, 0.05) is 23.0 Å². The molecule has 6 nitrogen and oxygen atoms in total. The average Bonchev–Trinajstić information content (AvgIpc) is 3.31. The first-order valence-electron chi connectivity index (χ1n) is 9.16. The summed E-state index contributed by atoms with van der Waals surface area (Å²) in [5, 5.41) is 11.7. The first-order valence-corrected chi connectivity index (χ1v) is 9.54. The summed E-state index contributed by atoms with van der Waals surface area (Å²) in [6, 6.07) is 12.0. The number of nitrogens with zero attached hydrogens (tertiary/aromatic N) is 5. The van der Waals surface area contributed by atoms with E-state index >= 15 is 0 Å². The Labute approximate surface area is 168 Å². The number of rotatable bonds is 5. The molecule has 4 rings (SSSR count). The molecular formula is C21H21ClN6. The predicted octanol–water partition coefficient (Wildman–Crippen LogP) is 4.94. The quantitative estimate of drug-likeness (QED) is 0.522. The average molecular weight is 393 g/mol. The molecule has 0 fully saturated rings. The van der Waals surface area contributed by atoms with Crippen molar-refractivity contribution in [2.75, 3.05) is 0 Å². The van der Waals surface area contributed by atoms with Gasteiger partial charge in [-0.25, -0.2) is 4.98 Å². The molecule has 1 atom stereocenters. The first kappa shape index (κ1) is 18.4. The molecule has 3 heterocycles. The number of H-pyrrole nitrogens is 1. The van der Waals surface area contributed by atoms with E-state index in [4.69, 9.17) is 11.6 Å². The summed E-state index contributed by atoms with van der Waals surface area (Å²) in [4.78, 5) is 9.10. The number of benzene rings is 1. The summed E-state index contributed by atoms with van der Waals surface area (Å²) < 4.78 is 2.13. The predicted molar refractivity (Wildman–Crippen MR) is 110 cm³/mol. The molecule has 142 valence electrons. The Hall–Kier alpha value is -2.99. The van der Waals surface area contributed by atoms with Crippen LogP contribution in [-0.2, 0) is 0 Å². The Morgan fingerprint density at radius 2 is 1.89 bits per heavy atom. The maximum absolute atomic E-state index is 6.21. The van der Waals surface area contributed by atoms with Crippen molar-refractivity contribution in [3.63, 3.8) is 0 Å². The second-order valence-electron chi connectivity index (χ2n) is 7.14. The fraction of sp³-hybridized carbons (Fsp3) is 0.238. The monoisotopic (exact) mass is 392 g/mol. The lowest BCUT2D eigenvalue weighted by Crippen LogP contribution is -2.15. The normalized spacial score (nSPS) is 12.5. The minimum atomic E-state index is 0.140. The van der Waals surface area contributed by atoms with Crippen LogP contribution < -0.4 is 0 Å². The van der Waals surface area contributed by atoms with E-state index in [1.807, 2.05) is 49.8 Å². The lowest BCUT2D eigenvalue weighted by molar-refractivity contribution is 0.436. The van der Waals surface area contributed by atoms with Crippen molar-refractivity contribution in [1.82, 2.24) is 29.9 Å². The molecule has 3 aromatic heterocycles. The van der Waals surface area contributed by atoms with Crippen molar-refractivity contribution in [1.29, 1.82) is 0 Å². The van der Waals surface area contributed by atoms with E-state index in [1.54, 1.807) is 6.20 Å². The third kappa shape index (κ3) is 3.55. The van der Waals surface area contributed by atoms with Crippen LogP contribution in [0.2, 0.25) is 5.02 Å². The van der Waals surface area contributed by atoms with Crippen molar-refractivity contribution in [3.05, 3.63) is 71.4 Å². The summed E-state index contributed by atoms with van der Waals surface area (Å²) >= 11 is 6.21. The maximum atomic E-state index is 6.21. The summed E-state index contributed by atoms with van der Waals surface area (Å²) in [6.07, 6.45) is 5.67. The van der Waals surface area contributed by atoms with Crippen molar-refractivity contribution in [2.24, 2.45) is 5.92 Å². The summed E-state index contributed by atoms with van der Waals surface area (Å²) in [7, 11) is 0. The minimum Gasteiger partial charge on any atom is -0.329 e. The van der Waals surface area contributed by atoms with Crippen molar-refractivity contribution in [2.45, 2.75) is 26.8 Å². The van der Waals surface area contributed by atoms with Crippen LogP contribution in [0.25, 0.3) is 22.6 Å². The molecule has 0 radical (unpaired) electrons. The molecule has 1 aromatic carbocycles. The standard InChI is InChI=1S/C21H21ClN6/c1-13(2)21(16-5-4-6-17(22)9-16)28-11-19(24-12-28)18-10-15(7-8-23-18)20-14(3)25-27-26-20/h4-13,21H,1-3H3,(H,25,26,27). The molecule has 0 aliphatic heterocycles. The third-order valence-electron chi connectivity index (χ3n) is 4.76. The zero-order valence-corrected chi connectivity index (χ0v) is 16.7. The Morgan fingerprint density at radius 1 is 1.04 bits per heavy atom. The number of halogens is 1. The first-order chi connectivity index (χ1) is 13.5. The second kappa shape index (κ2) is 7.56. The Balaban J connectivity index is 1.70. The molecule has 0 aliphatic rings. The van der Waals surface area contributed by atoms with Gasteiger partial charge in [0.2, 0.25) is 0 Å². The van der Waals surface area contributed by atoms with Crippen LogP contribution in [0.5, 0.6) is 0 Å². The second-order valence-corrected chi connectivity index (χ2v) is 7.57. The van der Waals surface area contributed by atoms with Crippen LogP contribution in [0.15, 0.2) is 55.1 Å². The number of nitrogens with one attached hydrogen (secondary N) is 1. The molecule has 0 saturated carbocycles. The maximum Gasteiger partial charge on any atom is 0.115 e. The van der Waals surface area contributed by atoms with Crippen molar-refractivity contribution in [3.8, 4) is 22.6 Å². The van der Waals surface area contributed by atoms with E-state index in [0.29, 0.717) is 5.92 Å². The van der Waals surface area contributed by atoms with Gasteiger partial charge >= 0.3 is 0 Å². The zero-order chi connectivity index (χ0) is 19.7. The lowest BCUT2D eigenvalue weighted by Gasteiger charge is -2.23. The van der Waals surface area contributed by atoms with Gasteiger partial charge in [0.15, 0.2) is 0 Å². The van der Waals surface area contributed by atoms with Crippen LogP contribution in [0.1, 0.15) is 31.1 Å². The number of hydrogen-bond donors (Lipinski definition) is 1. The Bertz CT molecular complexity index is 1100. The zero-order valence-electron chi connectivity index (χ0n) is 16.0. The van der Waals surface area contributed by atoms with Crippen molar-refractivity contribution >= 4 is 11.6 Å². The molecule has 4 aromatic rings. The van der Waals surface area contributed by atoms with E-state index in [1.165, 1.54) is 0 Å². The summed E-state index contributed by atoms with van der Waals surface area (Å²) in [6.45, 7) is 6.31. The van der Waals surface area contributed by atoms with Gasteiger partial charge in [0.25, 0.3) is 0 Å². The van der Waals surface area contributed by atoms with Gasteiger partial charge < -0.3 is 4.57 Å². The van der Waals surface area contributed by atoms with Crippen LogP contribution in [0, 0.1) is 12.8 Å². The molecule has 28 heavy (non-hydrogen) atoms. The number of aryl methyl sites for hydroxylation is 1. The van der Waals surface area contributed by atoms with Gasteiger partial charge in [-0.1, -0.05) is 37.6 Å². The molecular weight excluding hydrogens is 372 g/mol. The van der Waals surface area contributed by atoms with E-state index in [2.05, 4.69) is 49.9 Å². The Kier molecular flexibility index (Phi) is 4.96. The number of aromatic nitrogens is 6. The number of pyridine rings is 1. The van der Waals surface area contributed by atoms with E-state index in [9.17, 15) is 0 Å². The minimum absolute atomic E-state index is 0.140. The fourth-order valence-electron chi connectivity index (χ4n) is 3.49. The van der Waals surface area contributed by atoms with Crippen LogP contribution in [-0.4, -0.2) is 29.9 Å². The molecule has 0 saturated heterocycles. The molecule has 0 spiro atoms. The summed E-state index contributed by atoms with van der Waals surface area (Å²) in [5.74, 6) is 0.373. The highest BCUT2D eigenvalue weighted by Crippen LogP contribution is 2.30. The number of hydrogen-bond acceptors (Lipinski definition) is 4. The van der Waals surface area contributed by atoms with E-state index in [-0.39, 0.29) is 6.04 Å². The molecule has 0 bridgehead atoms. The van der Waals surface area contributed by atoms with Gasteiger partial charge in [-0.3, -0.25) is 4.98 Å². The highest BCUT2D eigenvalue weighted by atomic mass is 35.5. The largest absolute Gasteiger partial charge is 0.329 e. The highest BCUT2D eigenvalue weighted by molar-refractivity contribution is 6.30. The third-order valence-corrected chi connectivity index (χ3v) is 5.00. The Morgan fingerprint density at radius 3 is 2.61 bits per heavy atom. The summed E-state index contributed by atoms with van der Waals surface area (Å²) in [5.41, 5.74) is 5.40. The topological polar surface area (TPSA) is 72.3 Å². The number of aromatic amines is 1. The SMILES string of the molecule is Cc1n[nH]nc1-c1ccnc(-c2cn(C(c3cccc(Cl)c3)C(C)C)cn2)c1. The molecule has 0 amide bonds. The van der Waals surface area contributed by atoms with Gasteiger partial charge in [0.05, 0.1) is 23.8 Å². The molecule has 1 unspecified atom stereocenters.